The van der Waals surface area contributed by atoms with Gasteiger partial charge in [0.2, 0.25) is 11.0 Å². The molecule has 27 heavy (non-hydrogen) atoms. The molecule has 0 atom stereocenters. The molecule has 0 aliphatic carbocycles. The molecule has 0 aliphatic heterocycles. The number of carbonyl (C=O) groups is 1. The van der Waals surface area contributed by atoms with Crippen molar-refractivity contribution >= 4 is 56.6 Å². The molecule has 1 aromatic heterocycles. The second-order valence-electron chi connectivity index (χ2n) is 5.13. The lowest BCUT2D eigenvalue weighted by Crippen LogP contribution is -2.09. The highest BCUT2D eigenvalue weighted by molar-refractivity contribution is 7.94. The highest BCUT2D eigenvalue weighted by Gasteiger charge is 2.17. The summed E-state index contributed by atoms with van der Waals surface area (Å²) >= 11 is 2.05. The van der Waals surface area contributed by atoms with Crippen LogP contribution < -0.4 is 11.2 Å². The molecule has 1 heterocycles. The van der Waals surface area contributed by atoms with Crippen molar-refractivity contribution in [3.05, 3.63) is 35.8 Å². The van der Waals surface area contributed by atoms with Crippen molar-refractivity contribution in [1.29, 1.82) is 0 Å². The SMILES string of the molecule is CCC(=O)Nc1cccc2c(O)c(SOON)cc(/N=N/c3nccs3)c12. The van der Waals surface area contributed by atoms with E-state index in [0.717, 1.165) is 12.0 Å². The number of nitrogens with two attached hydrogens (primary N) is 1. The number of thiazole rings is 1. The van der Waals surface area contributed by atoms with Crippen LogP contribution in [0.3, 0.4) is 0 Å². The van der Waals surface area contributed by atoms with Crippen molar-refractivity contribution in [1.82, 2.24) is 4.98 Å². The van der Waals surface area contributed by atoms with Gasteiger partial charge >= 0.3 is 0 Å². The molecule has 4 N–H and O–H groups in total. The van der Waals surface area contributed by atoms with Crippen molar-refractivity contribution in [3.8, 4) is 5.75 Å². The number of anilines is 1. The first-order valence-electron chi connectivity index (χ1n) is 7.74. The van der Waals surface area contributed by atoms with Crippen LogP contribution >= 0.6 is 23.4 Å². The molecule has 3 aromatic rings. The summed E-state index contributed by atoms with van der Waals surface area (Å²) in [5.74, 6) is 4.65. The van der Waals surface area contributed by atoms with E-state index in [1.165, 1.54) is 11.3 Å². The van der Waals surface area contributed by atoms with Crippen LogP contribution in [0.4, 0.5) is 16.5 Å². The normalized spacial score (nSPS) is 11.3. The molecule has 0 unspecified atom stereocenters. The van der Waals surface area contributed by atoms with Gasteiger partial charge in [0.1, 0.15) is 5.75 Å². The van der Waals surface area contributed by atoms with E-state index in [4.69, 9.17) is 5.90 Å². The average Bonchev–Trinajstić information content (AvgIpc) is 3.20. The van der Waals surface area contributed by atoms with Gasteiger partial charge in [-0.2, -0.15) is 5.90 Å². The second kappa shape index (κ2) is 8.88. The lowest BCUT2D eigenvalue weighted by atomic mass is 10.1. The van der Waals surface area contributed by atoms with E-state index in [9.17, 15) is 9.90 Å². The van der Waals surface area contributed by atoms with Gasteiger partial charge in [0.05, 0.1) is 28.3 Å². The third-order valence-electron chi connectivity index (χ3n) is 3.50. The number of phenolic OH excluding ortho intramolecular Hbond substituents is 1. The monoisotopic (exact) mass is 405 g/mol. The first kappa shape index (κ1) is 19.2. The van der Waals surface area contributed by atoms with Crippen LogP contribution in [0.2, 0.25) is 0 Å². The van der Waals surface area contributed by atoms with E-state index in [2.05, 4.69) is 29.9 Å². The molecule has 0 bridgehead atoms. The van der Waals surface area contributed by atoms with Crippen molar-refractivity contribution in [2.24, 2.45) is 16.1 Å². The van der Waals surface area contributed by atoms with Crippen LogP contribution in [0.25, 0.3) is 10.8 Å². The molecule has 3 rings (SSSR count). The number of phenols is 1. The number of carbonyl (C=O) groups excluding carboxylic acids is 1. The fourth-order valence-corrected chi connectivity index (χ4v) is 3.24. The molecule has 0 radical (unpaired) electrons. The quantitative estimate of drug-likeness (QED) is 0.227. The largest absolute Gasteiger partial charge is 0.506 e. The number of fused-ring (bicyclic) bond motifs is 1. The Morgan fingerprint density at radius 1 is 1.44 bits per heavy atom. The summed E-state index contributed by atoms with van der Waals surface area (Å²) in [6, 6.07) is 6.69. The average molecular weight is 405 g/mol. The van der Waals surface area contributed by atoms with Gasteiger partial charge in [-0.25, -0.2) is 4.98 Å². The zero-order chi connectivity index (χ0) is 19.2. The molecule has 0 spiro atoms. The van der Waals surface area contributed by atoms with E-state index in [1.54, 1.807) is 42.8 Å². The van der Waals surface area contributed by atoms with Crippen LogP contribution in [0.15, 0.2) is 51.0 Å². The van der Waals surface area contributed by atoms with Crippen LogP contribution in [0.1, 0.15) is 13.3 Å². The van der Waals surface area contributed by atoms with Gasteiger partial charge in [-0.05, 0) is 12.1 Å². The zero-order valence-corrected chi connectivity index (χ0v) is 15.7. The lowest BCUT2D eigenvalue weighted by Gasteiger charge is -2.13. The van der Waals surface area contributed by atoms with Crippen molar-refractivity contribution in [2.45, 2.75) is 18.2 Å². The smallest absolute Gasteiger partial charge is 0.229 e. The second-order valence-corrected chi connectivity index (χ2v) is 6.75. The summed E-state index contributed by atoms with van der Waals surface area (Å²) in [6.07, 6.45) is 1.93. The molecule has 11 heteroatoms. The van der Waals surface area contributed by atoms with Gasteiger partial charge < -0.3 is 10.4 Å². The zero-order valence-electron chi connectivity index (χ0n) is 14.1. The summed E-state index contributed by atoms with van der Waals surface area (Å²) in [5.41, 5.74) is 0.920. The topological polar surface area (TPSA) is 131 Å². The van der Waals surface area contributed by atoms with Crippen molar-refractivity contribution < 1.29 is 19.2 Å². The maximum atomic E-state index is 11.9. The van der Waals surface area contributed by atoms with Gasteiger partial charge in [0.25, 0.3) is 0 Å². The van der Waals surface area contributed by atoms with E-state index in [1.807, 2.05) is 0 Å². The highest BCUT2D eigenvalue weighted by Crippen LogP contribution is 2.44. The van der Waals surface area contributed by atoms with Gasteiger partial charge in [0, 0.05) is 28.8 Å². The summed E-state index contributed by atoms with van der Waals surface area (Å²) in [7, 11) is 0. The summed E-state index contributed by atoms with van der Waals surface area (Å²) in [5, 5.41) is 25.0. The molecule has 2 aromatic carbocycles. The summed E-state index contributed by atoms with van der Waals surface area (Å²) < 4.78 is 4.65. The van der Waals surface area contributed by atoms with Gasteiger partial charge in [-0.3, -0.25) is 4.79 Å². The van der Waals surface area contributed by atoms with E-state index >= 15 is 0 Å². The van der Waals surface area contributed by atoms with Crippen molar-refractivity contribution in [3.63, 3.8) is 0 Å². The fourth-order valence-electron chi connectivity index (χ4n) is 2.33. The Bertz CT molecular complexity index is 979. The predicted molar refractivity (Wildman–Crippen MR) is 103 cm³/mol. The first-order valence-corrected chi connectivity index (χ1v) is 9.36. The molecular weight excluding hydrogens is 390 g/mol. The van der Waals surface area contributed by atoms with E-state index in [0.29, 0.717) is 38.6 Å². The minimum atomic E-state index is -0.164. The number of aromatic nitrogens is 1. The molecule has 0 saturated carbocycles. The number of hydrogen-bond donors (Lipinski definition) is 3. The van der Waals surface area contributed by atoms with Gasteiger partial charge in [-0.15, -0.1) is 30.9 Å². The minimum Gasteiger partial charge on any atom is -0.506 e. The lowest BCUT2D eigenvalue weighted by molar-refractivity contribution is -0.195. The molecule has 1 amide bonds. The number of rotatable bonds is 7. The highest BCUT2D eigenvalue weighted by atomic mass is 32.2. The molecular formula is C16H15N5O4S2. The standard InChI is InChI=1S/C16H15N5O4S2/c1-2-13(22)19-10-5-3-4-9-14(10)11(20-21-16-18-6-7-26-16)8-12(15(9)23)27-25-24-17/h3-8,23H,2,17H2,1H3,(H,19,22)/b21-20+. The fraction of sp³-hybridized carbons (Fsp3) is 0.125. The number of nitrogens with one attached hydrogen (secondary N) is 1. The first-order chi connectivity index (χ1) is 13.1. The number of aromatic hydroxyl groups is 1. The van der Waals surface area contributed by atoms with Gasteiger partial charge in [-0.1, -0.05) is 19.1 Å². The molecule has 0 saturated heterocycles. The van der Waals surface area contributed by atoms with Crippen molar-refractivity contribution in [2.75, 3.05) is 5.32 Å². The molecule has 0 aliphatic rings. The van der Waals surface area contributed by atoms with E-state index in [-0.39, 0.29) is 11.7 Å². The van der Waals surface area contributed by atoms with Crippen LogP contribution in [0, 0.1) is 0 Å². The van der Waals surface area contributed by atoms with Gasteiger partial charge in [0.15, 0.2) is 0 Å². The third-order valence-corrected chi connectivity index (χ3v) is 4.79. The maximum Gasteiger partial charge on any atom is 0.229 e. The summed E-state index contributed by atoms with van der Waals surface area (Å²) in [6.45, 7) is 1.75. The minimum absolute atomic E-state index is 0.0622. The Balaban J connectivity index is 2.17. The number of benzene rings is 2. The Morgan fingerprint density at radius 3 is 3.00 bits per heavy atom. The Morgan fingerprint density at radius 2 is 2.30 bits per heavy atom. The Kier molecular flexibility index (Phi) is 6.32. The summed E-state index contributed by atoms with van der Waals surface area (Å²) in [4.78, 5) is 20.4. The number of azo groups is 1. The number of nitrogens with zero attached hydrogens (tertiary/aromatic N) is 3. The van der Waals surface area contributed by atoms with Crippen LogP contribution in [-0.2, 0) is 14.1 Å². The third kappa shape index (κ3) is 4.40. The number of amides is 1. The maximum absolute atomic E-state index is 11.9. The molecule has 9 nitrogen and oxygen atoms in total. The Labute approximate surface area is 162 Å². The van der Waals surface area contributed by atoms with Crippen LogP contribution in [-0.4, -0.2) is 16.0 Å². The predicted octanol–water partition coefficient (Wildman–Crippen LogP) is 4.59. The van der Waals surface area contributed by atoms with Crippen LogP contribution in [0.5, 0.6) is 5.75 Å². The molecule has 140 valence electrons. The molecule has 0 fully saturated rings. The number of hydrogen-bond acceptors (Lipinski definition) is 10. The van der Waals surface area contributed by atoms with E-state index < -0.39 is 0 Å². The Hall–Kier alpha value is -2.57.